The molecule has 2 heterocycles. The lowest BCUT2D eigenvalue weighted by atomic mass is 10.0. The highest BCUT2D eigenvalue weighted by Crippen LogP contribution is 2.31. The van der Waals surface area contributed by atoms with Crippen LogP contribution >= 0.6 is 11.3 Å². The summed E-state index contributed by atoms with van der Waals surface area (Å²) in [6, 6.07) is -0.0370. The standard InChI is InChI=1S/C8H10N2O2S/c11-8(12)5-1-2-10-7(5)6-3-9-4-13-6/h3-5,7,10H,1-2H2,(H,11,12)/t5-,7-/m0/s1. The van der Waals surface area contributed by atoms with E-state index in [4.69, 9.17) is 5.11 Å². The van der Waals surface area contributed by atoms with Gasteiger partial charge in [-0.05, 0) is 13.0 Å². The Morgan fingerprint density at radius 3 is 3.23 bits per heavy atom. The second-order valence-electron chi connectivity index (χ2n) is 3.07. The zero-order valence-corrected chi connectivity index (χ0v) is 7.75. The van der Waals surface area contributed by atoms with Crippen LogP contribution in [0, 0.1) is 5.92 Å². The first-order chi connectivity index (χ1) is 6.29. The molecule has 70 valence electrons. The number of nitrogens with zero attached hydrogens (tertiary/aromatic N) is 1. The van der Waals surface area contributed by atoms with E-state index in [1.807, 2.05) is 0 Å². The molecule has 5 heteroatoms. The van der Waals surface area contributed by atoms with Gasteiger partial charge in [0.25, 0.3) is 0 Å². The van der Waals surface area contributed by atoms with Crippen LogP contribution in [-0.4, -0.2) is 22.6 Å². The molecule has 1 aromatic heterocycles. The van der Waals surface area contributed by atoms with E-state index in [-0.39, 0.29) is 12.0 Å². The number of carboxylic acid groups (broad SMARTS) is 1. The van der Waals surface area contributed by atoms with Crippen molar-refractivity contribution in [3.8, 4) is 0 Å². The van der Waals surface area contributed by atoms with Gasteiger partial charge in [-0.1, -0.05) is 0 Å². The molecule has 0 aliphatic carbocycles. The number of carbonyl (C=O) groups is 1. The van der Waals surface area contributed by atoms with Crippen LogP contribution in [0.15, 0.2) is 11.7 Å². The van der Waals surface area contributed by atoms with Gasteiger partial charge in [0.15, 0.2) is 0 Å². The second-order valence-corrected chi connectivity index (χ2v) is 3.99. The van der Waals surface area contributed by atoms with Crippen LogP contribution in [0.3, 0.4) is 0 Å². The molecule has 1 aliphatic rings. The molecule has 0 radical (unpaired) electrons. The van der Waals surface area contributed by atoms with Gasteiger partial charge in [-0.2, -0.15) is 0 Å². The number of thiazole rings is 1. The van der Waals surface area contributed by atoms with Crippen molar-refractivity contribution in [3.05, 3.63) is 16.6 Å². The fourth-order valence-corrected chi connectivity index (χ4v) is 2.41. The lowest BCUT2D eigenvalue weighted by Crippen LogP contribution is -2.22. The van der Waals surface area contributed by atoms with Crippen LogP contribution in [0.1, 0.15) is 17.3 Å². The summed E-state index contributed by atoms with van der Waals surface area (Å²) in [4.78, 5) is 15.8. The largest absolute Gasteiger partial charge is 0.481 e. The number of aromatic nitrogens is 1. The molecule has 1 aliphatic heterocycles. The molecule has 0 aromatic carbocycles. The third-order valence-electron chi connectivity index (χ3n) is 2.30. The third kappa shape index (κ3) is 1.57. The summed E-state index contributed by atoms with van der Waals surface area (Å²) in [5.41, 5.74) is 1.73. The van der Waals surface area contributed by atoms with Gasteiger partial charge >= 0.3 is 5.97 Å². The molecule has 4 nitrogen and oxygen atoms in total. The van der Waals surface area contributed by atoms with E-state index in [1.165, 1.54) is 11.3 Å². The quantitative estimate of drug-likeness (QED) is 0.740. The molecule has 0 unspecified atom stereocenters. The third-order valence-corrected chi connectivity index (χ3v) is 3.16. The Kier molecular flexibility index (Phi) is 2.28. The number of hydrogen-bond acceptors (Lipinski definition) is 4. The molecule has 1 fully saturated rings. The molecule has 1 saturated heterocycles. The van der Waals surface area contributed by atoms with E-state index in [2.05, 4.69) is 10.3 Å². The van der Waals surface area contributed by atoms with E-state index in [9.17, 15) is 4.79 Å². The van der Waals surface area contributed by atoms with E-state index in [0.29, 0.717) is 6.42 Å². The van der Waals surface area contributed by atoms with Gasteiger partial charge in [-0.15, -0.1) is 11.3 Å². The lowest BCUT2D eigenvalue weighted by molar-refractivity contribution is -0.142. The highest BCUT2D eigenvalue weighted by atomic mass is 32.1. The first kappa shape index (κ1) is 8.65. The Morgan fingerprint density at radius 1 is 1.77 bits per heavy atom. The number of carboxylic acids is 1. The minimum atomic E-state index is -0.719. The zero-order chi connectivity index (χ0) is 9.26. The molecule has 13 heavy (non-hydrogen) atoms. The molecule has 2 atom stereocenters. The van der Waals surface area contributed by atoms with Gasteiger partial charge in [0, 0.05) is 11.1 Å². The maximum atomic E-state index is 10.9. The fourth-order valence-electron chi connectivity index (χ4n) is 1.65. The number of nitrogens with one attached hydrogen (secondary N) is 1. The molecule has 0 spiro atoms. The van der Waals surface area contributed by atoms with Crippen molar-refractivity contribution in [2.24, 2.45) is 5.92 Å². The summed E-state index contributed by atoms with van der Waals surface area (Å²) < 4.78 is 0. The predicted molar refractivity (Wildman–Crippen MR) is 48.6 cm³/mol. The molecule has 1 aromatic rings. The minimum Gasteiger partial charge on any atom is -0.481 e. The molecule has 0 amide bonds. The second kappa shape index (κ2) is 3.43. The average molecular weight is 198 g/mol. The van der Waals surface area contributed by atoms with Gasteiger partial charge in [-0.3, -0.25) is 9.78 Å². The lowest BCUT2D eigenvalue weighted by Gasteiger charge is -2.12. The molecule has 2 rings (SSSR count). The Balaban J connectivity index is 2.19. The zero-order valence-electron chi connectivity index (χ0n) is 6.93. The first-order valence-corrected chi connectivity index (χ1v) is 5.01. The van der Waals surface area contributed by atoms with E-state index < -0.39 is 5.97 Å². The summed E-state index contributed by atoms with van der Waals surface area (Å²) in [5.74, 6) is -1.01. The Hall–Kier alpha value is -0.940. The van der Waals surface area contributed by atoms with Crippen molar-refractivity contribution in [1.29, 1.82) is 0 Å². The van der Waals surface area contributed by atoms with E-state index in [0.717, 1.165) is 11.4 Å². The van der Waals surface area contributed by atoms with Crippen molar-refractivity contribution in [1.82, 2.24) is 10.3 Å². The van der Waals surface area contributed by atoms with Crippen LogP contribution in [-0.2, 0) is 4.79 Å². The first-order valence-electron chi connectivity index (χ1n) is 4.13. The Labute approximate surface area is 79.6 Å². The van der Waals surface area contributed by atoms with Crippen LogP contribution in [0.4, 0.5) is 0 Å². The van der Waals surface area contributed by atoms with Gasteiger partial charge in [0.2, 0.25) is 0 Å². The van der Waals surface area contributed by atoms with Gasteiger partial charge in [0.1, 0.15) is 0 Å². The van der Waals surface area contributed by atoms with Crippen molar-refractivity contribution in [3.63, 3.8) is 0 Å². The van der Waals surface area contributed by atoms with Crippen LogP contribution in [0.2, 0.25) is 0 Å². The maximum Gasteiger partial charge on any atom is 0.308 e. The van der Waals surface area contributed by atoms with Gasteiger partial charge in [-0.25, -0.2) is 0 Å². The van der Waals surface area contributed by atoms with E-state index >= 15 is 0 Å². The Bertz CT molecular complexity index is 299. The monoisotopic (exact) mass is 198 g/mol. The molecule has 2 N–H and O–H groups in total. The van der Waals surface area contributed by atoms with Gasteiger partial charge in [0.05, 0.1) is 17.5 Å². The predicted octanol–water partition coefficient (Wildman–Crippen LogP) is 0.878. The van der Waals surface area contributed by atoms with Crippen molar-refractivity contribution < 1.29 is 9.90 Å². The Morgan fingerprint density at radius 2 is 2.62 bits per heavy atom. The number of aliphatic carboxylic acids is 1. The van der Waals surface area contributed by atoms with Gasteiger partial charge < -0.3 is 10.4 Å². The van der Waals surface area contributed by atoms with Crippen LogP contribution in [0.25, 0.3) is 0 Å². The molecular formula is C8H10N2O2S. The van der Waals surface area contributed by atoms with Crippen molar-refractivity contribution >= 4 is 17.3 Å². The highest BCUT2D eigenvalue weighted by molar-refractivity contribution is 7.09. The summed E-state index contributed by atoms with van der Waals surface area (Å²) in [5, 5.41) is 12.1. The molecule has 0 saturated carbocycles. The summed E-state index contributed by atoms with van der Waals surface area (Å²) in [6.45, 7) is 0.777. The number of rotatable bonds is 2. The summed E-state index contributed by atoms with van der Waals surface area (Å²) >= 11 is 1.50. The maximum absolute atomic E-state index is 10.9. The van der Waals surface area contributed by atoms with Crippen LogP contribution in [0.5, 0.6) is 0 Å². The topological polar surface area (TPSA) is 62.2 Å². The van der Waals surface area contributed by atoms with Crippen molar-refractivity contribution in [2.75, 3.05) is 6.54 Å². The summed E-state index contributed by atoms with van der Waals surface area (Å²) in [6.07, 6.45) is 2.45. The fraction of sp³-hybridized carbons (Fsp3) is 0.500. The van der Waals surface area contributed by atoms with Crippen molar-refractivity contribution in [2.45, 2.75) is 12.5 Å². The minimum absolute atomic E-state index is 0.0370. The normalized spacial score (nSPS) is 27.7. The number of hydrogen-bond donors (Lipinski definition) is 2. The summed E-state index contributed by atoms with van der Waals surface area (Å²) in [7, 11) is 0. The smallest absolute Gasteiger partial charge is 0.308 e. The average Bonchev–Trinajstić information content (AvgIpc) is 2.74. The van der Waals surface area contributed by atoms with E-state index in [1.54, 1.807) is 11.7 Å². The SMILES string of the molecule is O=C(O)[C@H]1CCN[C@@H]1c1cncs1. The molecule has 0 bridgehead atoms. The highest BCUT2D eigenvalue weighted by Gasteiger charge is 2.34. The van der Waals surface area contributed by atoms with Crippen LogP contribution < -0.4 is 5.32 Å². The molecular weight excluding hydrogens is 188 g/mol.